The Kier molecular flexibility index (Phi) is 8.44. The van der Waals surface area contributed by atoms with Crippen molar-refractivity contribution >= 4 is 29.4 Å². The summed E-state index contributed by atoms with van der Waals surface area (Å²) in [6, 6.07) is 7.48. The molecule has 1 aromatic carbocycles. The minimum Gasteiger partial charge on any atom is -0.480 e. The van der Waals surface area contributed by atoms with Crippen molar-refractivity contribution in [1.82, 2.24) is 19.5 Å². The SMILES string of the molecule is [C-]#[N+]c1c(C(=O)OC2C(C)CC(C)CC2C)c2nc(-c3ccc(C)cc3)[nH]n2c1OC(=O)N(COC)CC(=O)O. The van der Waals surface area contributed by atoms with E-state index in [2.05, 4.69) is 21.9 Å². The number of fused-ring (bicyclic) bond motifs is 1. The van der Waals surface area contributed by atoms with Crippen LogP contribution in [0.5, 0.6) is 5.88 Å². The molecule has 0 spiro atoms. The van der Waals surface area contributed by atoms with E-state index in [1.165, 1.54) is 11.6 Å². The van der Waals surface area contributed by atoms with E-state index in [9.17, 15) is 19.5 Å². The summed E-state index contributed by atoms with van der Waals surface area (Å²) in [5.41, 5.74) is 1.38. The molecule has 40 heavy (non-hydrogen) atoms. The van der Waals surface area contributed by atoms with Crippen LogP contribution < -0.4 is 4.74 Å². The summed E-state index contributed by atoms with van der Waals surface area (Å²) in [5, 5.41) is 12.2. The number of ether oxygens (including phenoxy) is 3. The molecule has 4 rings (SSSR count). The zero-order valence-corrected chi connectivity index (χ0v) is 23.1. The highest BCUT2D eigenvalue weighted by molar-refractivity contribution is 6.05. The van der Waals surface area contributed by atoms with Crippen molar-refractivity contribution in [3.05, 3.63) is 46.8 Å². The molecule has 12 heteroatoms. The van der Waals surface area contributed by atoms with E-state index < -0.39 is 24.6 Å². The van der Waals surface area contributed by atoms with Crippen molar-refractivity contribution in [2.45, 2.75) is 46.6 Å². The number of hydrogen-bond acceptors (Lipinski definition) is 7. The van der Waals surface area contributed by atoms with Crippen LogP contribution in [0.2, 0.25) is 0 Å². The Hall–Kier alpha value is -4.37. The lowest BCUT2D eigenvalue weighted by Crippen LogP contribution is -2.39. The van der Waals surface area contributed by atoms with E-state index >= 15 is 0 Å². The van der Waals surface area contributed by atoms with E-state index in [-0.39, 0.29) is 47.4 Å². The third-order valence-corrected chi connectivity index (χ3v) is 7.12. The number of benzene rings is 1. The number of hydrogen-bond donors (Lipinski definition) is 2. The van der Waals surface area contributed by atoms with Crippen molar-refractivity contribution in [2.24, 2.45) is 17.8 Å². The van der Waals surface area contributed by atoms with Gasteiger partial charge in [0.2, 0.25) is 5.88 Å². The number of esters is 1. The maximum absolute atomic E-state index is 13.7. The largest absolute Gasteiger partial charge is 0.480 e. The van der Waals surface area contributed by atoms with Gasteiger partial charge in [0.1, 0.15) is 24.9 Å². The Morgan fingerprint density at radius 1 is 1.18 bits per heavy atom. The lowest BCUT2D eigenvalue weighted by Gasteiger charge is -2.37. The summed E-state index contributed by atoms with van der Waals surface area (Å²) >= 11 is 0. The fourth-order valence-electron chi connectivity index (χ4n) is 5.44. The summed E-state index contributed by atoms with van der Waals surface area (Å²) < 4.78 is 17.7. The smallest absolute Gasteiger partial charge is 0.417 e. The number of aromatic nitrogens is 3. The van der Waals surface area contributed by atoms with E-state index in [4.69, 9.17) is 20.8 Å². The number of nitrogens with one attached hydrogen (secondary N) is 1. The van der Waals surface area contributed by atoms with Gasteiger partial charge in [0.15, 0.2) is 11.5 Å². The number of carbonyl (C=O) groups is 3. The molecular formula is C28H33N5O7. The van der Waals surface area contributed by atoms with Gasteiger partial charge in [0, 0.05) is 12.7 Å². The van der Waals surface area contributed by atoms with Crippen LogP contribution in [0.4, 0.5) is 10.5 Å². The number of H-pyrrole nitrogens is 1. The van der Waals surface area contributed by atoms with Gasteiger partial charge in [-0.1, -0.05) is 50.6 Å². The van der Waals surface area contributed by atoms with Crippen LogP contribution in [0.3, 0.4) is 0 Å². The van der Waals surface area contributed by atoms with Crippen LogP contribution >= 0.6 is 0 Å². The monoisotopic (exact) mass is 551 g/mol. The number of methoxy groups -OCH3 is 1. The molecule has 1 aliphatic carbocycles. The molecule has 2 atom stereocenters. The van der Waals surface area contributed by atoms with Crippen molar-refractivity contribution in [3.63, 3.8) is 0 Å². The first-order valence-corrected chi connectivity index (χ1v) is 13.0. The van der Waals surface area contributed by atoms with Gasteiger partial charge < -0.3 is 19.3 Å². The highest BCUT2D eigenvalue weighted by Crippen LogP contribution is 2.41. The lowest BCUT2D eigenvalue weighted by atomic mass is 9.75. The summed E-state index contributed by atoms with van der Waals surface area (Å²) in [6.07, 6.45) is 0.380. The number of carboxylic acids is 1. The Labute approximate surface area is 231 Å². The Morgan fingerprint density at radius 3 is 2.40 bits per heavy atom. The summed E-state index contributed by atoms with van der Waals surface area (Å²) in [4.78, 5) is 46.8. The normalized spacial score (nSPS) is 20.6. The van der Waals surface area contributed by atoms with Crippen LogP contribution in [0.15, 0.2) is 24.3 Å². The first kappa shape index (κ1) is 28.6. The van der Waals surface area contributed by atoms with E-state index in [0.717, 1.165) is 23.3 Å². The second-order valence-electron chi connectivity index (χ2n) is 10.5. The third kappa shape index (κ3) is 5.79. The summed E-state index contributed by atoms with van der Waals surface area (Å²) in [7, 11) is 1.30. The number of aromatic amines is 1. The quantitative estimate of drug-likeness (QED) is 0.229. The second-order valence-corrected chi connectivity index (χ2v) is 10.5. The summed E-state index contributed by atoms with van der Waals surface area (Å²) in [5.74, 6) is -1.22. The highest BCUT2D eigenvalue weighted by Gasteiger charge is 2.37. The molecule has 0 radical (unpaired) electrons. The van der Waals surface area contributed by atoms with Crippen molar-refractivity contribution in [1.29, 1.82) is 0 Å². The minimum absolute atomic E-state index is 0.0513. The molecule has 2 heterocycles. The van der Waals surface area contributed by atoms with Crippen LogP contribution in [-0.4, -0.2) is 69.1 Å². The molecule has 1 amide bonds. The summed E-state index contributed by atoms with van der Waals surface area (Å²) in [6.45, 7) is 15.0. The average Bonchev–Trinajstić information content (AvgIpc) is 3.43. The maximum Gasteiger partial charge on any atom is 0.417 e. The zero-order chi connectivity index (χ0) is 29.1. The van der Waals surface area contributed by atoms with Gasteiger partial charge in [-0.3, -0.25) is 14.8 Å². The first-order valence-electron chi connectivity index (χ1n) is 13.0. The Bertz CT molecular complexity index is 1440. The number of nitrogens with zero attached hydrogens (tertiary/aromatic N) is 4. The zero-order valence-electron chi connectivity index (χ0n) is 23.1. The second kappa shape index (κ2) is 11.8. The number of rotatable bonds is 8. The lowest BCUT2D eigenvalue weighted by molar-refractivity contribution is -0.138. The molecule has 0 aliphatic heterocycles. The van der Waals surface area contributed by atoms with Crippen molar-refractivity contribution in [2.75, 3.05) is 20.4 Å². The molecule has 2 aromatic heterocycles. The predicted octanol–water partition coefficient (Wildman–Crippen LogP) is 4.91. The third-order valence-electron chi connectivity index (χ3n) is 7.12. The molecule has 12 nitrogen and oxygen atoms in total. The van der Waals surface area contributed by atoms with Gasteiger partial charge in [-0.15, -0.1) is 0 Å². The fourth-order valence-corrected chi connectivity index (χ4v) is 5.44. The standard InChI is InChI=1S/C28H33N5O7/c1-15-7-9-19(10-8-15)24-30-25-21(27(36)39-23-17(3)11-16(2)12-18(23)4)22(29-5)26(33(25)31-24)40-28(37)32(14-38-6)13-20(34)35/h7-10,16-18,23H,11-14H2,1-4,6H3,(H,30,31)(H,34,35). The molecule has 212 valence electrons. The van der Waals surface area contributed by atoms with E-state index in [0.29, 0.717) is 17.3 Å². The number of carbonyl (C=O) groups excluding carboxylic acids is 2. The Morgan fingerprint density at radius 2 is 1.82 bits per heavy atom. The topological polar surface area (TPSA) is 140 Å². The maximum atomic E-state index is 13.7. The molecule has 1 saturated carbocycles. The number of aryl methyl sites for hydroxylation is 1. The molecule has 3 aromatic rings. The van der Waals surface area contributed by atoms with Crippen LogP contribution in [0.1, 0.15) is 49.5 Å². The van der Waals surface area contributed by atoms with E-state index in [1.54, 1.807) is 0 Å². The molecule has 1 fully saturated rings. The van der Waals surface area contributed by atoms with E-state index in [1.807, 2.05) is 45.0 Å². The predicted molar refractivity (Wildman–Crippen MR) is 144 cm³/mol. The fraction of sp³-hybridized carbons (Fsp3) is 0.464. The van der Waals surface area contributed by atoms with Crippen LogP contribution in [-0.2, 0) is 14.3 Å². The molecule has 1 aliphatic rings. The van der Waals surface area contributed by atoms with Gasteiger partial charge in [-0.25, -0.2) is 23.9 Å². The van der Waals surface area contributed by atoms with Gasteiger partial charge in [-0.2, -0.15) is 0 Å². The number of amides is 1. The van der Waals surface area contributed by atoms with Gasteiger partial charge in [0.05, 0.1) is 6.57 Å². The molecule has 0 saturated heterocycles. The van der Waals surface area contributed by atoms with Crippen LogP contribution in [0.25, 0.3) is 21.9 Å². The minimum atomic E-state index is -1.28. The van der Waals surface area contributed by atoms with Gasteiger partial charge in [-0.05, 0) is 37.5 Å². The number of aliphatic carboxylic acids is 1. The van der Waals surface area contributed by atoms with Crippen molar-refractivity contribution < 1.29 is 33.7 Å². The van der Waals surface area contributed by atoms with Gasteiger partial charge >= 0.3 is 18.0 Å². The number of carboxylic acid groups (broad SMARTS) is 1. The molecule has 2 unspecified atom stereocenters. The molecule has 2 N–H and O–H groups in total. The Balaban J connectivity index is 1.80. The van der Waals surface area contributed by atoms with Crippen molar-refractivity contribution in [3.8, 4) is 17.3 Å². The average molecular weight is 552 g/mol. The first-order chi connectivity index (χ1) is 19.0. The molecular weight excluding hydrogens is 518 g/mol. The van der Waals surface area contributed by atoms with Crippen LogP contribution in [0, 0.1) is 31.2 Å². The molecule has 0 bridgehead atoms. The van der Waals surface area contributed by atoms with Gasteiger partial charge in [0.25, 0.3) is 5.69 Å². The highest BCUT2D eigenvalue weighted by atomic mass is 16.6.